The Kier molecular flexibility index (Phi) is 4.06. The largest absolute Gasteiger partial charge is 0.493 e. The minimum Gasteiger partial charge on any atom is -0.493 e. The van der Waals surface area contributed by atoms with Gasteiger partial charge >= 0.3 is 5.97 Å². The van der Waals surface area contributed by atoms with Crippen molar-refractivity contribution in [1.29, 1.82) is 0 Å². The summed E-state index contributed by atoms with van der Waals surface area (Å²) in [6, 6.07) is 3.65. The second-order valence-electron chi connectivity index (χ2n) is 4.96. The zero-order valence-corrected chi connectivity index (χ0v) is 12.4. The summed E-state index contributed by atoms with van der Waals surface area (Å²) in [5, 5.41) is 0. The highest BCUT2D eigenvalue weighted by molar-refractivity contribution is 5.75. The second-order valence-corrected chi connectivity index (χ2v) is 4.96. The summed E-state index contributed by atoms with van der Waals surface area (Å²) in [5.41, 5.74) is 0.852. The Labute approximate surface area is 118 Å². The van der Waals surface area contributed by atoms with Crippen molar-refractivity contribution in [1.82, 2.24) is 0 Å². The van der Waals surface area contributed by atoms with Crippen LogP contribution in [-0.2, 0) is 9.53 Å². The molecule has 1 aromatic carbocycles. The number of carbonyl (C=O) groups is 1. The molecule has 0 radical (unpaired) electrons. The highest BCUT2D eigenvalue weighted by atomic mass is 16.6. The van der Waals surface area contributed by atoms with Crippen molar-refractivity contribution in [3.8, 4) is 17.2 Å². The topological polar surface area (TPSA) is 54.0 Å². The molecule has 5 heteroatoms. The highest BCUT2D eigenvalue weighted by Gasteiger charge is 2.40. The van der Waals surface area contributed by atoms with Gasteiger partial charge in [0.2, 0.25) is 5.75 Å². The van der Waals surface area contributed by atoms with E-state index in [9.17, 15) is 4.79 Å². The fraction of sp³-hybridized carbons (Fsp3) is 0.533. The van der Waals surface area contributed by atoms with Crippen molar-refractivity contribution in [2.75, 3.05) is 21.3 Å². The first-order valence-corrected chi connectivity index (χ1v) is 6.53. The van der Waals surface area contributed by atoms with Crippen LogP contribution < -0.4 is 14.2 Å². The van der Waals surface area contributed by atoms with Gasteiger partial charge in [0, 0.05) is 11.5 Å². The van der Waals surface area contributed by atoms with E-state index in [0.29, 0.717) is 17.2 Å². The average Bonchev–Trinajstić information content (AvgIpc) is 2.73. The smallest absolute Gasteiger partial charge is 0.309 e. The first kappa shape index (κ1) is 14.5. The number of hydrogen-bond donors (Lipinski definition) is 0. The van der Waals surface area contributed by atoms with E-state index in [0.717, 1.165) is 5.56 Å². The Bertz CT molecular complexity index is 486. The van der Waals surface area contributed by atoms with E-state index in [1.165, 1.54) is 0 Å². The van der Waals surface area contributed by atoms with Crippen LogP contribution >= 0.6 is 0 Å². The van der Waals surface area contributed by atoms with Crippen LogP contribution in [0.15, 0.2) is 12.1 Å². The summed E-state index contributed by atoms with van der Waals surface area (Å²) < 4.78 is 21.4. The van der Waals surface area contributed by atoms with E-state index in [1.807, 2.05) is 26.0 Å². The van der Waals surface area contributed by atoms with Crippen molar-refractivity contribution < 1.29 is 23.7 Å². The van der Waals surface area contributed by atoms with Crippen LogP contribution in [0.1, 0.15) is 25.5 Å². The lowest BCUT2D eigenvalue weighted by Crippen LogP contribution is -2.10. The number of esters is 1. The molecule has 5 nitrogen and oxygen atoms in total. The lowest BCUT2D eigenvalue weighted by Gasteiger charge is -2.19. The number of hydrogen-bond acceptors (Lipinski definition) is 5. The summed E-state index contributed by atoms with van der Waals surface area (Å²) in [6.45, 7) is 3.88. The molecule has 0 bridgehead atoms. The van der Waals surface area contributed by atoms with Crippen LogP contribution in [0.3, 0.4) is 0 Å². The number of methoxy groups -OCH3 is 3. The van der Waals surface area contributed by atoms with E-state index < -0.39 is 0 Å². The molecule has 0 amide bonds. The van der Waals surface area contributed by atoms with Crippen LogP contribution in [0.2, 0.25) is 0 Å². The lowest BCUT2D eigenvalue weighted by atomic mass is 9.90. The van der Waals surface area contributed by atoms with Gasteiger partial charge in [-0.15, -0.1) is 0 Å². The lowest BCUT2D eigenvalue weighted by molar-refractivity contribution is -0.144. The van der Waals surface area contributed by atoms with E-state index in [4.69, 9.17) is 18.9 Å². The van der Waals surface area contributed by atoms with Crippen LogP contribution in [0.5, 0.6) is 17.2 Å². The molecule has 1 aliphatic heterocycles. The third kappa shape index (κ3) is 2.28. The normalized spacial score (nSPS) is 25.2. The minimum absolute atomic E-state index is 0.102. The molecule has 110 valence electrons. The van der Waals surface area contributed by atoms with Gasteiger partial charge in [0.1, 0.15) is 6.10 Å². The third-order valence-corrected chi connectivity index (χ3v) is 3.90. The Balaban J connectivity index is 2.45. The van der Waals surface area contributed by atoms with Gasteiger partial charge in [-0.2, -0.15) is 0 Å². The Morgan fingerprint density at radius 2 is 1.55 bits per heavy atom. The Morgan fingerprint density at radius 3 is 1.90 bits per heavy atom. The van der Waals surface area contributed by atoms with Crippen molar-refractivity contribution >= 4 is 5.97 Å². The molecule has 0 spiro atoms. The quantitative estimate of drug-likeness (QED) is 0.793. The van der Waals surface area contributed by atoms with Gasteiger partial charge in [-0.25, -0.2) is 0 Å². The van der Waals surface area contributed by atoms with Gasteiger partial charge < -0.3 is 18.9 Å². The average molecular weight is 280 g/mol. The van der Waals surface area contributed by atoms with Crippen molar-refractivity contribution in [2.45, 2.75) is 20.0 Å². The number of ether oxygens (including phenoxy) is 4. The Hall–Kier alpha value is -1.91. The van der Waals surface area contributed by atoms with Gasteiger partial charge in [-0.05, 0) is 12.1 Å². The SMILES string of the molecule is COc1cc([C@@H]2OC(=O)[C@H](C)[C@@H]2C)cc(OC)c1OC. The second kappa shape index (κ2) is 5.61. The molecule has 0 N–H and O–H groups in total. The number of benzene rings is 1. The van der Waals surface area contributed by atoms with E-state index in [1.54, 1.807) is 21.3 Å². The van der Waals surface area contributed by atoms with Crippen molar-refractivity contribution in [3.05, 3.63) is 17.7 Å². The van der Waals surface area contributed by atoms with Gasteiger partial charge in [0.15, 0.2) is 11.5 Å². The van der Waals surface area contributed by atoms with E-state index in [2.05, 4.69) is 0 Å². The molecule has 1 aliphatic rings. The molecule has 0 unspecified atom stereocenters. The molecule has 0 aliphatic carbocycles. The summed E-state index contributed by atoms with van der Waals surface area (Å²) in [4.78, 5) is 11.7. The number of rotatable bonds is 4. The monoisotopic (exact) mass is 280 g/mol. The third-order valence-electron chi connectivity index (χ3n) is 3.90. The standard InChI is InChI=1S/C15H20O5/c1-8-9(2)15(16)20-13(8)10-6-11(17-3)14(19-5)12(7-10)18-4/h6-9,13H,1-5H3/t8-,9+,13+/m0/s1. The fourth-order valence-electron chi connectivity index (χ4n) is 2.45. The molecule has 0 saturated carbocycles. The molecule has 1 saturated heterocycles. The molecule has 1 heterocycles. The maximum Gasteiger partial charge on any atom is 0.309 e. The molecule has 1 aromatic rings. The zero-order valence-electron chi connectivity index (χ0n) is 12.4. The first-order valence-electron chi connectivity index (χ1n) is 6.53. The maximum atomic E-state index is 11.7. The summed E-state index contributed by atoms with van der Waals surface area (Å²) >= 11 is 0. The van der Waals surface area contributed by atoms with Gasteiger partial charge in [0.25, 0.3) is 0 Å². The fourth-order valence-corrected chi connectivity index (χ4v) is 2.45. The van der Waals surface area contributed by atoms with Crippen LogP contribution in [0, 0.1) is 11.8 Å². The summed E-state index contributed by atoms with van der Waals surface area (Å²) in [6.07, 6.45) is -0.286. The molecular formula is C15H20O5. The van der Waals surface area contributed by atoms with Crippen molar-refractivity contribution in [3.63, 3.8) is 0 Å². The van der Waals surface area contributed by atoms with Crippen LogP contribution in [0.4, 0.5) is 0 Å². The van der Waals surface area contributed by atoms with E-state index in [-0.39, 0.29) is 23.9 Å². The van der Waals surface area contributed by atoms with Crippen LogP contribution in [-0.4, -0.2) is 27.3 Å². The van der Waals surface area contributed by atoms with Gasteiger partial charge in [0.05, 0.1) is 27.2 Å². The number of carbonyl (C=O) groups excluding carboxylic acids is 1. The minimum atomic E-state index is -0.286. The molecule has 0 aromatic heterocycles. The highest BCUT2D eigenvalue weighted by Crippen LogP contribution is 2.45. The molecule has 3 atom stereocenters. The summed E-state index contributed by atoms with van der Waals surface area (Å²) in [5.74, 6) is 1.47. The van der Waals surface area contributed by atoms with Gasteiger partial charge in [-0.1, -0.05) is 13.8 Å². The predicted octanol–water partition coefficient (Wildman–Crippen LogP) is 2.58. The van der Waals surface area contributed by atoms with E-state index >= 15 is 0 Å². The Morgan fingerprint density at radius 1 is 1.00 bits per heavy atom. The molecule has 1 fully saturated rings. The van der Waals surface area contributed by atoms with Gasteiger partial charge in [-0.3, -0.25) is 4.79 Å². The zero-order chi connectivity index (χ0) is 14.9. The van der Waals surface area contributed by atoms with Crippen molar-refractivity contribution in [2.24, 2.45) is 11.8 Å². The van der Waals surface area contributed by atoms with Crippen LogP contribution in [0.25, 0.3) is 0 Å². The maximum absolute atomic E-state index is 11.7. The molecule has 2 rings (SSSR count). The summed E-state index contributed by atoms with van der Waals surface area (Å²) in [7, 11) is 4.68. The predicted molar refractivity (Wildman–Crippen MR) is 73.3 cm³/mol. The molecule has 20 heavy (non-hydrogen) atoms. The first-order chi connectivity index (χ1) is 9.53. The number of cyclic esters (lactones) is 1. The molecular weight excluding hydrogens is 260 g/mol.